The fourth-order valence-corrected chi connectivity index (χ4v) is 12.9. The molecule has 4 aliphatic heterocycles. The Morgan fingerprint density at radius 1 is 0.570 bits per heavy atom. The molecule has 3 aromatic carbocycles. The molecule has 1 unspecified atom stereocenters. The molecular formula is C67H95F10N21O6S3. The first-order valence-electron chi connectivity index (χ1n) is 32.9. The quantitative estimate of drug-likeness (QED) is 0.0138. The molecule has 4 aliphatic rings. The molecule has 14 N–H and O–H groups in total. The monoisotopic (exact) mass is 1580 g/mol. The van der Waals surface area contributed by atoms with E-state index in [1.54, 1.807) is 67.3 Å². The normalized spacial score (nSPS) is 16.7. The summed E-state index contributed by atoms with van der Waals surface area (Å²) in [5.74, 6) is 0.0475. The van der Waals surface area contributed by atoms with Crippen LogP contribution in [0, 0.1) is 6.92 Å². The third kappa shape index (κ3) is 27.4. The lowest BCUT2D eigenvalue weighted by Gasteiger charge is -2.38. The Bertz CT molecular complexity index is 4360. The smallest absolute Gasteiger partial charge is 0.397 e. The number of hydrogen-bond acceptors (Lipinski definition) is 24. The molecular weight excluding hydrogens is 1480 g/mol. The molecule has 0 aliphatic carbocycles. The van der Waals surface area contributed by atoms with Crippen LogP contribution in [-0.2, 0) is 23.9 Å². The zero-order chi connectivity index (χ0) is 77.2. The number of carbonyl (C=O) groups excluding carboxylic acids is 3. The highest BCUT2D eigenvalue weighted by Crippen LogP contribution is 2.38. The highest BCUT2D eigenvalue weighted by Gasteiger charge is 2.41. The minimum absolute atomic E-state index is 0. The fourth-order valence-electron chi connectivity index (χ4n) is 10.6. The SMILES string of the molecule is CC(N)=CC(N)=Nc1cc(N2CCC(F)C2)nc(Sc2ccc(NC(=O)CC(F)(F)F)cc2)n1.CC(N)=CC(N)=Nc1cc(N2CCC(O)CC2)nc(Sc2ccc(NC(=O)CC(F)(F)F)cc2)n1.Cc1cc(Nc2cc(N3CCC4(CC3)OCCO4)nc(Sc3ccc(NC(=O)CC(F)(F)F)cc3)n2)n[nH]1.[HH].[HH].[HH].[HH].[HH].[HH].[HH].[HH].[HH].[HH]. The fraction of sp³-hybridized carbons (Fsp3) is 0.373. The lowest BCUT2D eigenvalue weighted by Crippen LogP contribution is -2.45. The average Bonchev–Trinajstić information content (AvgIpc) is 1.77. The number of allylic oxidation sites excluding steroid dienone is 2. The summed E-state index contributed by atoms with van der Waals surface area (Å²) < 4.78 is 137. The van der Waals surface area contributed by atoms with Crippen LogP contribution < -0.4 is 58.9 Å². The van der Waals surface area contributed by atoms with E-state index in [4.69, 9.17) is 37.4 Å². The predicted octanol–water partition coefficient (Wildman–Crippen LogP) is 14.3. The number of amides is 3. The number of rotatable bonds is 21. The zero-order valence-corrected chi connectivity index (χ0v) is 60.0. The van der Waals surface area contributed by atoms with Crippen LogP contribution in [0.3, 0.4) is 0 Å². The summed E-state index contributed by atoms with van der Waals surface area (Å²) in [4.78, 5) is 78.5. The van der Waals surface area contributed by atoms with E-state index in [1.165, 1.54) is 83.8 Å². The van der Waals surface area contributed by atoms with E-state index in [0.29, 0.717) is 131 Å². The van der Waals surface area contributed by atoms with Gasteiger partial charge in [0.15, 0.2) is 38.7 Å². The van der Waals surface area contributed by atoms with Crippen molar-refractivity contribution in [1.29, 1.82) is 0 Å². The van der Waals surface area contributed by atoms with Crippen molar-refractivity contribution >= 4 is 122 Å². The lowest BCUT2D eigenvalue weighted by molar-refractivity contribution is -0.169. The van der Waals surface area contributed by atoms with Gasteiger partial charge in [-0.25, -0.2) is 44.3 Å². The van der Waals surface area contributed by atoms with Gasteiger partial charge in [0, 0.05) is 133 Å². The number of benzene rings is 3. The van der Waals surface area contributed by atoms with Crippen LogP contribution in [0.2, 0.25) is 0 Å². The van der Waals surface area contributed by atoms with E-state index in [1.807, 2.05) is 24.0 Å². The minimum Gasteiger partial charge on any atom is -0.402 e. The molecule has 40 heteroatoms. The maximum atomic E-state index is 13.7. The van der Waals surface area contributed by atoms with Gasteiger partial charge in [-0.3, -0.25) is 19.5 Å². The topological polar surface area (TPSA) is 383 Å². The summed E-state index contributed by atoms with van der Waals surface area (Å²) in [5, 5.41) is 28.0. The van der Waals surface area contributed by atoms with Crippen LogP contribution in [0.5, 0.6) is 0 Å². The molecule has 1 atom stereocenters. The van der Waals surface area contributed by atoms with Gasteiger partial charge in [-0.05, 0) is 160 Å². The number of ether oxygens (including phenoxy) is 2. The number of aryl methyl sites for hydroxylation is 1. The Hall–Kier alpha value is -10.0. The Balaban J connectivity index is 0. The van der Waals surface area contributed by atoms with Crippen molar-refractivity contribution in [3.05, 3.63) is 126 Å². The van der Waals surface area contributed by atoms with Gasteiger partial charge >= 0.3 is 18.5 Å². The van der Waals surface area contributed by atoms with E-state index in [-0.39, 0.29) is 61.5 Å². The Kier molecular flexibility index (Phi) is 27.7. The second kappa shape index (κ2) is 36.5. The number of aliphatic imine (C=N–C) groups is 2. The highest BCUT2D eigenvalue weighted by atomic mass is 32.2. The van der Waals surface area contributed by atoms with Crippen LogP contribution in [-0.4, -0.2) is 164 Å². The van der Waals surface area contributed by atoms with Crippen molar-refractivity contribution in [3.8, 4) is 0 Å². The number of aliphatic hydroxyl groups is 1. The van der Waals surface area contributed by atoms with Crippen LogP contribution >= 0.6 is 35.3 Å². The van der Waals surface area contributed by atoms with Crippen molar-refractivity contribution in [3.63, 3.8) is 0 Å². The molecule has 7 aromatic rings. The summed E-state index contributed by atoms with van der Waals surface area (Å²) in [5.41, 5.74) is 25.7. The number of piperidine rings is 2. The predicted molar refractivity (Wildman–Crippen MR) is 407 cm³/mol. The van der Waals surface area contributed by atoms with Gasteiger partial charge in [0.1, 0.15) is 60.4 Å². The largest absolute Gasteiger partial charge is 0.402 e. The van der Waals surface area contributed by atoms with E-state index in [9.17, 15) is 63.4 Å². The molecule has 0 bridgehead atoms. The lowest BCUT2D eigenvalue weighted by atomic mass is 10.0. The van der Waals surface area contributed by atoms with Crippen molar-refractivity contribution in [2.24, 2.45) is 32.9 Å². The Morgan fingerprint density at radius 2 is 0.953 bits per heavy atom. The molecule has 4 saturated heterocycles. The molecule has 4 aromatic heterocycles. The number of anilines is 8. The number of hydrogen-bond donors (Lipinski definition) is 10. The summed E-state index contributed by atoms with van der Waals surface area (Å²) in [6.45, 7) is 9.80. The first-order chi connectivity index (χ1) is 50.6. The maximum absolute atomic E-state index is 13.7. The number of nitrogens with zero attached hydrogens (tertiary/aromatic N) is 12. The first-order valence-corrected chi connectivity index (χ1v) is 35.3. The van der Waals surface area contributed by atoms with Gasteiger partial charge in [-0.1, -0.05) is 0 Å². The Labute approximate surface area is 634 Å². The third-order valence-electron chi connectivity index (χ3n) is 15.3. The van der Waals surface area contributed by atoms with E-state index in [0.717, 1.165) is 29.2 Å². The number of aromatic amines is 1. The number of nitrogens with two attached hydrogens (primary N) is 4. The van der Waals surface area contributed by atoms with E-state index >= 15 is 0 Å². The van der Waals surface area contributed by atoms with Gasteiger partial charge in [0.25, 0.3) is 0 Å². The number of amidine groups is 2. The summed E-state index contributed by atoms with van der Waals surface area (Å²) in [7, 11) is 0. The maximum Gasteiger partial charge on any atom is 0.397 e. The number of halogens is 10. The standard InChI is InChI=1S/C24H26F3N7O3S.C22H26F3N7O2S.C21H23F4N7OS.10H2/c1-15-12-19(33-32-15)29-18-13-20(34-8-6-23(7-9-34)36-10-11-37-23)31-22(30-18)38-17-4-2-16(3-5-17)28-21(35)14-24(25,26)27;1-13(26)10-17(27)29-18-11-19(32-8-6-15(33)7-9-32)31-21(30-18)35-16-4-2-14(3-5-16)28-20(34)12-22(23,24)25;1-12(26)8-16(27)29-17-9-18(32-7-6-13(22)11-32)31-20(30-17)34-15-4-2-14(3-5-15)28-19(33)10-21(23,24)25;;;;;;;;;;/h2-5,12-13H,6-11,14H2,1H3,(H,28,35)(H2,29,30,31,32,33);2-5,10-11,15,33H,6-9,12,26H2,1H3,(H,28,34)(H2,27,29,30,31);2-5,8-9,13H,6-7,10-11,26H2,1H3,(H,28,33)(H2,27,29,30,31);10*1H. The number of carbonyl (C=O) groups is 3. The highest BCUT2D eigenvalue weighted by molar-refractivity contribution is 7.99. The number of aromatic nitrogens is 8. The zero-order valence-electron chi connectivity index (χ0n) is 57.5. The van der Waals surface area contributed by atoms with Crippen molar-refractivity contribution < 1.29 is 87.1 Å². The van der Waals surface area contributed by atoms with Crippen LogP contribution in [0.4, 0.5) is 102 Å². The second-order valence-corrected chi connectivity index (χ2v) is 27.7. The summed E-state index contributed by atoms with van der Waals surface area (Å²) >= 11 is 3.68. The summed E-state index contributed by atoms with van der Waals surface area (Å²) in [6, 6.07) is 25.9. The molecule has 1 spiro atoms. The molecule has 27 nitrogen and oxygen atoms in total. The van der Waals surface area contributed by atoms with Gasteiger partial charge in [-0.2, -0.15) is 44.6 Å². The molecule has 4 fully saturated rings. The van der Waals surface area contributed by atoms with Gasteiger partial charge in [0.2, 0.25) is 17.7 Å². The van der Waals surface area contributed by atoms with Gasteiger partial charge in [-0.15, -0.1) is 0 Å². The molecule has 3 amide bonds. The van der Waals surface area contributed by atoms with Crippen LogP contribution in [0.25, 0.3) is 0 Å². The molecule has 592 valence electrons. The number of nitrogens with one attached hydrogen (secondary N) is 5. The minimum atomic E-state index is -4.58. The van der Waals surface area contributed by atoms with Crippen LogP contribution in [0.1, 0.15) is 85.2 Å². The molecule has 0 radical (unpaired) electrons. The van der Waals surface area contributed by atoms with E-state index < -0.39 is 67.5 Å². The summed E-state index contributed by atoms with van der Waals surface area (Å²) in [6.07, 6.45) is -13.6. The number of aliphatic hydroxyl groups excluding tert-OH is 1. The second-order valence-electron chi connectivity index (χ2n) is 24.6. The van der Waals surface area contributed by atoms with Gasteiger partial charge in [0.05, 0.1) is 25.9 Å². The van der Waals surface area contributed by atoms with Crippen LogP contribution in [0.15, 0.2) is 161 Å². The molecule has 107 heavy (non-hydrogen) atoms. The third-order valence-corrected chi connectivity index (χ3v) is 17.9. The number of alkyl halides is 10. The molecule has 11 rings (SSSR count). The van der Waals surface area contributed by atoms with Gasteiger partial charge < -0.3 is 73.5 Å². The van der Waals surface area contributed by atoms with Crippen molar-refractivity contribution in [2.75, 3.05) is 88.4 Å². The molecule has 8 heterocycles. The first kappa shape index (κ1) is 81.1. The van der Waals surface area contributed by atoms with Crippen molar-refractivity contribution in [2.45, 2.75) is 139 Å². The van der Waals surface area contributed by atoms with Crippen molar-refractivity contribution in [1.82, 2.24) is 40.1 Å². The average molecular weight is 1580 g/mol. The Morgan fingerprint density at radius 3 is 1.33 bits per heavy atom. The molecule has 0 saturated carbocycles. The number of H-pyrrole nitrogens is 1. The van der Waals surface area contributed by atoms with E-state index in [2.05, 4.69) is 71.3 Å².